The smallest absolute Gasteiger partial charge is 0.291 e. The zero-order valence-corrected chi connectivity index (χ0v) is 26.1. The summed E-state index contributed by atoms with van der Waals surface area (Å²) in [6.07, 6.45) is 1.72. The van der Waals surface area contributed by atoms with Gasteiger partial charge in [0.05, 0.1) is 14.2 Å². The summed E-state index contributed by atoms with van der Waals surface area (Å²) in [6.45, 7) is 14.1. The Balaban J connectivity index is 1.24. The van der Waals surface area contributed by atoms with Gasteiger partial charge < -0.3 is 43.8 Å². The molecule has 0 aliphatic carbocycles. The van der Waals surface area contributed by atoms with Crippen molar-refractivity contribution in [2.45, 2.75) is 46.1 Å². The number of amides is 1. The molecule has 12 nitrogen and oxygen atoms in total. The standard InChI is InChI=1S/C31H42N6O6/c1-19-17-20(2)25(26-21(19)18-31(3,4)43-26)42-23-10-9-22(41-23)27(38)33-24-28(39-6)34-30(35-29(24)40-7)32-11-8-12-37-15-13-36(5)14-16-37/h9-10,17H,8,11-16,18H2,1-7H3,(H,33,38)(H,32,34,35). The number of carbonyl (C=O) groups excluding carboxylic acids is 1. The van der Waals surface area contributed by atoms with Gasteiger partial charge in [0.1, 0.15) is 5.60 Å². The number of likely N-dealkylation sites (N-methyl/N-ethyl adjacent to an activating group) is 1. The van der Waals surface area contributed by atoms with Gasteiger partial charge in [-0.15, -0.1) is 0 Å². The highest BCUT2D eigenvalue weighted by atomic mass is 16.6. The van der Waals surface area contributed by atoms with Crippen LogP contribution in [0.25, 0.3) is 0 Å². The van der Waals surface area contributed by atoms with Crippen molar-refractivity contribution in [2.24, 2.45) is 0 Å². The summed E-state index contributed by atoms with van der Waals surface area (Å²) in [5.41, 5.74) is 3.04. The Labute approximate surface area is 252 Å². The number of ether oxygens (including phenoxy) is 4. The molecule has 43 heavy (non-hydrogen) atoms. The number of benzene rings is 1. The number of nitrogens with one attached hydrogen (secondary N) is 2. The van der Waals surface area contributed by atoms with E-state index in [0.717, 1.165) is 62.3 Å². The topological polar surface area (TPSA) is 123 Å². The van der Waals surface area contributed by atoms with Crippen LogP contribution in [0, 0.1) is 13.8 Å². The van der Waals surface area contributed by atoms with E-state index in [-0.39, 0.29) is 34.8 Å². The van der Waals surface area contributed by atoms with Crippen molar-refractivity contribution in [3.63, 3.8) is 0 Å². The molecule has 232 valence electrons. The summed E-state index contributed by atoms with van der Waals surface area (Å²) in [5.74, 6) is 1.63. The molecule has 0 atom stereocenters. The molecule has 5 rings (SSSR count). The molecule has 2 aliphatic rings. The Kier molecular flexibility index (Phi) is 8.97. The third-order valence-corrected chi connectivity index (χ3v) is 7.73. The average molecular weight is 595 g/mol. The Morgan fingerprint density at radius 2 is 1.74 bits per heavy atom. The lowest BCUT2D eigenvalue weighted by molar-refractivity contribution is 0.0990. The molecule has 0 spiro atoms. The minimum atomic E-state index is -0.536. The molecule has 1 aromatic carbocycles. The van der Waals surface area contributed by atoms with E-state index in [1.54, 1.807) is 6.07 Å². The quantitative estimate of drug-likeness (QED) is 0.305. The van der Waals surface area contributed by atoms with Crippen molar-refractivity contribution in [1.29, 1.82) is 0 Å². The second-order valence-electron chi connectivity index (χ2n) is 11.7. The van der Waals surface area contributed by atoms with Crippen LogP contribution in [0.2, 0.25) is 0 Å². The SMILES string of the molecule is COc1nc(NCCCN2CCN(C)CC2)nc(OC)c1NC(=O)c1ccc(Oc2c(C)cc(C)c3c2OC(C)(C)C3)o1. The summed E-state index contributed by atoms with van der Waals surface area (Å²) in [6, 6.07) is 5.20. The van der Waals surface area contributed by atoms with E-state index in [9.17, 15) is 4.79 Å². The predicted octanol–water partition coefficient (Wildman–Crippen LogP) is 4.51. The van der Waals surface area contributed by atoms with E-state index in [4.69, 9.17) is 23.4 Å². The van der Waals surface area contributed by atoms with Gasteiger partial charge in [-0.2, -0.15) is 9.97 Å². The summed E-state index contributed by atoms with van der Waals surface area (Å²) < 4.78 is 29.1. The molecule has 0 radical (unpaired) electrons. The van der Waals surface area contributed by atoms with Gasteiger partial charge >= 0.3 is 0 Å². The van der Waals surface area contributed by atoms with Crippen molar-refractivity contribution in [3.05, 3.63) is 40.6 Å². The van der Waals surface area contributed by atoms with Crippen molar-refractivity contribution < 1.29 is 28.2 Å². The Morgan fingerprint density at radius 1 is 1.05 bits per heavy atom. The van der Waals surface area contributed by atoms with Crippen molar-refractivity contribution in [1.82, 2.24) is 19.8 Å². The van der Waals surface area contributed by atoms with Gasteiger partial charge in [-0.3, -0.25) is 4.79 Å². The zero-order valence-electron chi connectivity index (χ0n) is 26.1. The molecule has 1 fully saturated rings. The Hall–Kier alpha value is -4.03. The molecular weight excluding hydrogens is 552 g/mol. The van der Waals surface area contributed by atoms with Gasteiger partial charge in [0, 0.05) is 50.8 Å². The third kappa shape index (κ3) is 6.97. The lowest BCUT2D eigenvalue weighted by atomic mass is 9.96. The van der Waals surface area contributed by atoms with Gasteiger partial charge in [0.15, 0.2) is 22.9 Å². The molecule has 1 saturated heterocycles. The molecule has 3 aromatic rings. The van der Waals surface area contributed by atoms with E-state index >= 15 is 0 Å². The average Bonchev–Trinajstić information content (AvgIpc) is 3.58. The van der Waals surface area contributed by atoms with E-state index in [2.05, 4.69) is 50.4 Å². The Bertz CT molecular complexity index is 1440. The summed E-state index contributed by atoms with van der Waals surface area (Å²) in [7, 11) is 5.09. The molecule has 1 amide bonds. The number of rotatable bonds is 11. The monoisotopic (exact) mass is 594 g/mol. The number of fused-ring (bicyclic) bond motifs is 1. The van der Waals surface area contributed by atoms with E-state index in [0.29, 0.717) is 24.0 Å². The van der Waals surface area contributed by atoms with Crippen molar-refractivity contribution in [3.8, 4) is 29.2 Å². The van der Waals surface area contributed by atoms with E-state index < -0.39 is 5.91 Å². The van der Waals surface area contributed by atoms with Crippen LogP contribution in [0.4, 0.5) is 11.6 Å². The molecule has 0 bridgehead atoms. The van der Waals surface area contributed by atoms with Crippen LogP contribution >= 0.6 is 0 Å². The van der Waals surface area contributed by atoms with Crippen molar-refractivity contribution in [2.75, 3.05) is 71.2 Å². The van der Waals surface area contributed by atoms with Crippen LogP contribution in [0.3, 0.4) is 0 Å². The number of anilines is 2. The first-order chi connectivity index (χ1) is 20.6. The van der Waals surface area contributed by atoms with Crippen LogP contribution in [-0.2, 0) is 6.42 Å². The van der Waals surface area contributed by atoms with Crippen LogP contribution in [0.5, 0.6) is 29.2 Å². The molecule has 2 aromatic heterocycles. The minimum Gasteiger partial charge on any atom is -0.483 e. The number of piperazine rings is 1. The fourth-order valence-corrected chi connectivity index (χ4v) is 5.41. The second kappa shape index (κ2) is 12.7. The first kappa shape index (κ1) is 30.4. The van der Waals surface area contributed by atoms with E-state index in [1.807, 2.05) is 20.8 Å². The highest BCUT2D eigenvalue weighted by Gasteiger charge is 2.35. The number of methoxy groups -OCH3 is 2. The number of aromatic nitrogens is 2. The maximum Gasteiger partial charge on any atom is 0.291 e. The molecular formula is C31H42N6O6. The molecule has 12 heteroatoms. The van der Waals surface area contributed by atoms with Gasteiger partial charge in [-0.1, -0.05) is 6.07 Å². The summed E-state index contributed by atoms with van der Waals surface area (Å²) >= 11 is 0. The van der Waals surface area contributed by atoms with Gasteiger partial charge in [-0.25, -0.2) is 0 Å². The van der Waals surface area contributed by atoms with Crippen LogP contribution in [-0.4, -0.2) is 91.8 Å². The number of hydrogen-bond acceptors (Lipinski definition) is 11. The van der Waals surface area contributed by atoms with Crippen LogP contribution in [0.15, 0.2) is 22.6 Å². The highest BCUT2D eigenvalue weighted by Crippen LogP contribution is 2.47. The van der Waals surface area contributed by atoms with Gasteiger partial charge in [0.2, 0.25) is 17.7 Å². The summed E-state index contributed by atoms with van der Waals surface area (Å²) in [5, 5.41) is 5.99. The van der Waals surface area contributed by atoms with Gasteiger partial charge in [0.25, 0.3) is 11.9 Å². The molecule has 4 heterocycles. The number of furan rings is 1. The van der Waals surface area contributed by atoms with E-state index in [1.165, 1.54) is 20.3 Å². The lowest BCUT2D eigenvalue weighted by Crippen LogP contribution is -2.44. The third-order valence-electron chi connectivity index (χ3n) is 7.73. The maximum absolute atomic E-state index is 13.2. The number of nitrogens with zero attached hydrogens (tertiary/aromatic N) is 4. The fourth-order valence-electron chi connectivity index (χ4n) is 5.41. The summed E-state index contributed by atoms with van der Waals surface area (Å²) in [4.78, 5) is 26.9. The second-order valence-corrected chi connectivity index (χ2v) is 11.7. The highest BCUT2D eigenvalue weighted by molar-refractivity contribution is 6.03. The fraction of sp³-hybridized carbons (Fsp3) is 0.516. The minimum absolute atomic E-state index is 0.0351. The largest absolute Gasteiger partial charge is 0.483 e. The molecule has 2 aliphatic heterocycles. The molecule has 0 saturated carbocycles. The number of hydrogen-bond donors (Lipinski definition) is 2. The van der Waals surface area contributed by atoms with Gasteiger partial charge in [-0.05, 0) is 64.9 Å². The Morgan fingerprint density at radius 3 is 2.42 bits per heavy atom. The first-order valence-electron chi connectivity index (χ1n) is 14.6. The van der Waals surface area contributed by atoms with Crippen LogP contribution < -0.4 is 29.6 Å². The maximum atomic E-state index is 13.2. The lowest BCUT2D eigenvalue weighted by Gasteiger charge is -2.32. The zero-order chi connectivity index (χ0) is 30.7. The predicted molar refractivity (Wildman–Crippen MR) is 163 cm³/mol. The first-order valence-corrected chi connectivity index (χ1v) is 14.6. The van der Waals surface area contributed by atoms with Crippen molar-refractivity contribution >= 4 is 17.5 Å². The molecule has 2 N–H and O–H groups in total. The number of aryl methyl sites for hydroxylation is 2. The molecule has 0 unspecified atom stereocenters. The number of carbonyl (C=O) groups is 1. The van der Waals surface area contributed by atoms with Crippen LogP contribution in [0.1, 0.15) is 47.5 Å². The normalized spacial score (nSPS) is 16.3.